The molecule has 10 aliphatic heterocycles. The Morgan fingerprint density at radius 1 is 0.278 bits per heavy atom. The van der Waals surface area contributed by atoms with E-state index in [2.05, 4.69) is 338 Å². The summed E-state index contributed by atoms with van der Waals surface area (Å²) in [6.45, 7) is 6.60. The highest BCUT2D eigenvalue weighted by atomic mass is 32.1. The predicted octanol–water partition coefficient (Wildman–Crippen LogP) is 18.0. The minimum atomic E-state index is 0.208. The van der Waals surface area contributed by atoms with E-state index >= 15 is 0 Å². The number of hydrogen-bond acceptors (Lipinski definition) is 21. The summed E-state index contributed by atoms with van der Waals surface area (Å²) >= 11 is 1.74. The average molecular weight is 1430 g/mol. The summed E-state index contributed by atoms with van der Waals surface area (Å²) in [5.41, 5.74) is 19.3. The van der Waals surface area contributed by atoms with Crippen LogP contribution in [0.25, 0.3) is 0 Å². The van der Waals surface area contributed by atoms with E-state index in [1.165, 1.54) is 83.8 Å². The molecule has 8 aromatic carbocycles. The molecule has 108 heavy (non-hydrogen) atoms. The van der Waals surface area contributed by atoms with Crippen LogP contribution in [0.2, 0.25) is 0 Å². The largest absolute Gasteiger partial charge is 0.335 e. The third kappa shape index (κ3) is 10.5. The van der Waals surface area contributed by atoms with Crippen LogP contribution >= 0.6 is 11.3 Å². The molecule has 14 aromatic rings. The average Bonchev–Trinajstić information content (AvgIpc) is 1.60. The third-order valence-corrected chi connectivity index (χ3v) is 22.9. The molecule has 0 aliphatic carbocycles. The van der Waals surface area contributed by atoms with Crippen LogP contribution in [-0.2, 0) is 32.1 Å². The zero-order valence-corrected chi connectivity index (χ0v) is 60.7. The smallest absolute Gasteiger partial charge is 0.179 e. The number of hydrogen-bond donors (Lipinski definition) is 0. The topological polar surface area (TPSA) is 161 Å². The second kappa shape index (κ2) is 26.5. The second-order valence-electron chi connectivity index (χ2n) is 28.3. The van der Waals surface area contributed by atoms with Crippen LogP contribution in [0.4, 0.5) is 109 Å². The Morgan fingerprint density at radius 2 is 0.565 bits per heavy atom. The summed E-state index contributed by atoms with van der Waals surface area (Å²) in [5, 5.41) is 3.33. The number of anilines is 19. The van der Waals surface area contributed by atoms with Gasteiger partial charge in [0.1, 0.15) is 30.8 Å². The van der Waals surface area contributed by atoms with Crippen molar-refractivity contribution in [3.05, 3.63) is 319 Å². The molecule has 0 N–H and O–H groups in total. The summed E-state index contributed by atoms with van der Waals surface area (Å²) < 4.78 is 0. The number of thiophene rings is 1. The molecule has 0 bridgehead atoms. The van der Waals surface area contributed by atoms with Gasteiger partial charge in [-0.15, -0.1) is 11.3 Å². The lowest BCUT2D eigenvalue weighted by atomic mass is 10.0. The van der Waals surface area contributed by atoms with E-state index in [1.807, 2.05) is 6.07 Å². The summed E-state index contributed by atoms with van der Waals surface area (Å²) in [4.78, 5) is 68.9. The fourth-order valence-electron chi connectivity index (χ4n) is 17.3. The molecule has 10 aliphatic rings. The van der Waals surface area contributed by atoms with Gasteiger partial charge in [-0.1, -0.05) is 153 Å². The van der Waals surface area contributed by atoms with Gasteiger partial charge in [-0.2, -0.15) is 0 Å². The van der Waals surface area contributed by atoms with E-state index in [9.17, 15) is 0 Å². The Balaban J connectivity index is 0.0000000893. The van der Waals surface area contributed by atoms with Gasteiger partial charge in [0, 0.05) is 147 Å². The Kier molecular flexibility index (Phi) is 15.8. The molecule has 20 nitrogen and oxygen atoms in total. The van der Waals surface area contributed by atoms with Crippen molar-refractivity contribution in [1.82, 2.24) is 49.8 Å². The van der Waals surface area contributed by atoms with Crippen molar-refractivity contribution in [3.8, 4) is 0 Å². The first-order chi connectivity index (χ1) is 53.3. The zero-order chi connectivity index (χ0) is 72.1. The van der Waals surface area contributed by atoms with Gasteiger partial charge in [0.15, 0.2) is 58.2 Å². The van der Waals surface area contributed by atoms with Crippen molar-refractivity contribution >= 4 is 120 Å². The quantitative estimate of drug-likeness (QED) is 0.160. The van der Waals surface area contributed by atoms with Crippen LogP contribution in [0, 0.1) is 6.92 Å². The SMILES string of the molecule is CC(C)c1ccc(N2c3nccnc3N3c4ccccc4CC23)cc1.CN1c2nccnc2N2c3ccccc3CC12.Cc1ccccc1N1c2nccnc2N2c3ccccc3CC12.c1ccc(N2c3nccnc3N3c4ccccc4CC23)cc1.c1csc(N2c3nccnc3N3c4ccccc4CC23)c1. The van der Waals surface area contributed by atoms with Crippen molar-refractivity contribution < 1.29 is 0 Å². The Bertz CT molecular complexity index is 5690. The van der Waals surface area contributed by atoms with Gasteiger partial charge in [-0.25, -0.2) is 49.8 Å². The lowest BCUT2D eigenvalue weighted by Gasteiger charge is -2.27. The standard InChI is InChI=1S/C21H20N4.C19H16N4.C18H14N4.C16H12N4S.C13H12N4/c1-14(2)15-7-9-17(10-8-15)24-19-13-16-5-3-4-6-18(16)25(19)21-20(24)22-11-12-23-21;1-13-6-2-4-8-15(13)22-17-12-14-7-3-5-9-16(14)23(17)19-18(22)20-10-11-21-19;1-2-7-14(8-3-1)21-16-12-13-6-4-5-9-15(13)22(16)18-17(21)19-10-11-20-18;1-2-5-12-11(4-1)10-13-19(12)15-16(18-8-7-17-15)20(13)14-6-3-9-21-14;1-16-11-8-9-4-2-3-5-10(9)17(11)13-12(16)14-6-7-15-13/h3-12,14,19H,13H2,1-2H3;2-11,17H,12H2,1H3;1-11,16H,12H2;1-9,13H,10H2;2-7,11H,8H2,1H3. The van der Waals surface area contributed by atoms with E-state index in [1.54, 1.807) is 73.3 Å². The molecule has 0 saturated carbocycles. The van der Waals surface area contributed by atoms with E-state index in [0.717, 1.165) is 96.0 Å². The molecular formula is C87H74N20S. The lowest BCUT2D eigenvalue weighted by molar-refractivity contribution is 0.698. The van der Waals surface area contributed by atoms with Crippen LogP contribution in [-0.4, -0.2) is 87.7 Å². The first-order valence-electron chi connectivity index (χ1n) is 36.9. The van der Waals surface area contributed by atoms with E-state index < -0.39 is 0 Å². The van der Waals surface area contributed by atoms with E-state index in [0.29, 0.717) is 12.1 Å². The van der Waals surface area contributed by atoms with Gasteiger partial charge in [0.25, 0.3) is 0 Å². The molecule has 0 saturated heterocycles. The maximum absolute atomic E-state index is 4.65. The number of benzene rings is 8. The Morgan fingerprint density at radius 3 is 0.944 bits per heavy atom. The summed E-state index contributed by atoms with van der Waals surface area (Å²) in [6.07, 6.45) is 23.9. The Labute approximate surface area is 630 Å². The highest BCUT2D eigenvalue weighted by molar-refractivity contribution is 7.14. The number of likely N-dealkylation sites (N-methyl/N-ethyl adjacent to an activating group) is 1. The van der Waals surface area contributed by atoms with Gasteiger partial charge >= 0.3 is 0 Å². The molecule has 21 heteroatoms. The molecule has 0 radical (unpaired) electrons. The molecular weight excluding hydrogens is 1360 g/mol. The number of aryl methyl sites for hydroxylation is 1. The van der Waals surface area contributed by atoms with Crippen LogP contribution in [0.5, 0.6) is 0 Å². The van der Waals surface area contributed by atoms with Gasteiger partial charge in [-0.05, 0) is 130 Å². The first-order valence-corrected chi connectivity index (χ1v) is 37.7. The van der Waals surface area contributed by atoms with Crippen molar-refractivity contribution in [3.63, 3.8) is 0 Å². The first kappa shape index (κ1) is 64.5. The molecule has 5 unspecified atom stereocenters. The molecule has 0 spiro atoms. The monoisotopic (exact) mass is 1430 g/mol. The molecule has 16 heterocycles. The highest BCUT2D eigenvalue weighted by Crippen LogP contribution is 2.56. The molecule has 0 fully saturated rings. The van der Waals surface area contributed by atoms with Gasteiger partial charge in [-0.3, -0.25) is 4.90 Å². The van der Waals surface area contributed by atoms with Crippen LogP contribution in [0.1, 0.15) is 58.7 Å². The van der Waals surface area contributed by atoms with Crippen LogP contribution < -0.4 is 49.0 Å². The maximum Gasteiger partial charge on any atom is 0.179 e. The van der Waals surface area contributed by atoms with Gasteiger partial charge < -0.3 is 44.1 Å². The number of aromatic nitrogens is 10. The lowest BCUT2D eigenvalue weighted by Crippen LogP contribution is -2.36. The molecule has 5 atom stereocenters. The number of rotatable bonds is 5. The van der Waals surface area contributed by atoms with E-state index in [-0.39, 0.29) is 24.7 Å². The van der Waals surface area contributed by atoms with Crippen molar-refractivity contribution in [2.24, 2.45) is 0 Å². The van der Waals surface area contributed by atoms with Crippen molar-refractivity contribution in [2.75, 3.05) is 56.0 Å². The molecule has 0 amide bonds. The third-order valence-electron chi connectivity index (χ3n) is 22.1. The fourth-order valence-corrected chi connectivity index (χ4v) is 18.1. The van der Waals surface area contributed by atoms with E-state index in [4.69, 9.17) is 0 Å². The normalized spacial score (nSPS) is 18.4. The number of fused-ring (bicyclic) bond motifs is 25. The van der Waals surface area contributed by atoms with Gasteiger partial charge in [0.05, 0.1) is 5.00 Å². The fraction of sp³-hybridized carbons (Fsp3) is 0.172. The van der Waals surface area contributed by atoms with Crippen LogP contribution in [0.15, 0.2) is 280 Å². The highest BCUT2D eigenvalue weighted by Gasteiger charge is 2.50. The minimum Gasteiger partial charge on any atom is -0.335 e. The number of para-hydroxylation sites is 7. The zero-order valence-electron chi connectivity index (χ0n) is 59.9. The van der Waals surface area contributed by atoms with Gasteiger partial charge in [0.2, 0.25) is 0 Å². The van der Waals surface area contributed by atoms with Crippen molar-refractivity contribution in [2.45, 2.75) is 89.6 Å². The molecule has 6 aromatic heterocycles. The molecule has 528 valence electrons. The summed E-state index contributed by atoms with van der Waals surface area (Å²) in [5.74, 6) is 10.1. The second-order valence-corrected chi connectivity index (χ2v) is 29.3. The predicted molar refractivity (Wildman–Crippen MR) is 430 cm³/mol. The number of nitrogens with zero attached hydrogens (tertiary/aromatic N) is 20. The summed E-state index contributed by atoms with van der Waals surface area (Å²) in [6, 6.07) is 74.8. The molecule has 24 rings (SSSR count). The minimum absolute atomic E-state index is 0.208. The summed E-state index contributed by atoms with van der Waals surface area (Å²) in [7, 11) is 2.09. The van der Waals surface area contributed by atoms with Crippen LogP contribution in [0.3, 0.4) is 0 Å². The van der Waals surface area contributed by atoms with Crippen molar-refractivity contribution in [1.29, 1.82) is 0 Å². The Hall–Kier alpha value is -13.1. The maximum atomic E-state index is 4.65.